The third-order valence-electron chi connectivity index (χ3n) is 3.81. The van der Waals surface area contributed by atoms with E-state index in [1.807, 2.05) is 4.57 Å². The van der Waals surface area contributed by atoms with E-state index in [1.54, 1.807) is 6.07 Å². The topological polar surface area (TPSA) is 47.1 Å². The van der Waals surface area contributed by atoms with Gasteiger partial charge in [-0.2, -0.15) is 0 Å². The number of piperidine rings is 1. The van der Waals surface area contributed by atoms with Crippen LogP contribution in [-0.2, 0) is 0 Å². The van der Waals surface area contributed by atoms with Crippen molar-refractivity contribution in [2.24, 2.45) is 0 Å². The quantitative estimate of drug-likeness (QED) is 0.876. The zero-order valence-electron chi connectivity index (χ0n) is 10.7. The number of fused-ring (bicyclic) bond motifs is 1. The van der Waals surface area contributed by atoms with Gasteiger partial charge in [-0.05, 0) is 55.0 Å². The lowest BCUT2D eigenvalue weighted by molar-refractivity contribution is 0.225. The van der Waals surface area contributed by atoms with Crippen molar-refractivity contribution in [3.8, 4) is 0 Å². The Balaban J connectivity index is 2.07. The van der Waals surface area contributed by atoms with Crippen molar-refractivity contribution < 1.29 is 4.39 Å². The molecule has 2 aromatic rings. The Labute approximate surface area is 119 Å². The number of benzene rings is 1. The van der Waals surface area contributed by atoms with Crippen LogP contribution in [0.5, 0.6) is 0 Å². The number of rotatable bonds is 1. The van der Waals surface area contributed by atoms with Crippen molar-refractivity contribution in [2.45, 2.75) is 18.9 Å². The summed E-state index contributed by atoms with van der Waals surface area (Å²) < 4.78 is 16.1. The van der Waals surface area contributed by atoms with Crippen molar-refractivity contribution in [1.29, 1.82) is 0 Å². The third-order valence-corrected chi connectivity index (χ3v) is 4.42. The third kappa shape index (κ3) is 2.23. The predicted molar refractivity (Wildman–Crippen MR) is 77.6 cm³/mol. The Morgan fingerprint density at radius 1 is 1.37 bits per heavy atom. The highest BCUT2D eigenvalue weighted by Crippen LogP contribution is 2.31. The monoisotopic (exact) mass is 326 g/mol. The molecule has 102 valence electrons. The van der Waals surface area contributed by atoms with E-state index in [2.05, 4.69) is 32.9 Å². The van der Waals surface area contributed by atoms with Crippen molar-refractivity contribution in [3.05, 3.63) is 22.4 Å². The number of hydrogen-bond donors (Lipinski definition) is 1. The lowest BCUT2D eigenvalue weighted by atomic mass is 10.1. The van der Waals surface area contributed by atoms with Crippen LogP contribution in [0.3, 0.4) is 0 Å². The molecule has 0 saturated carbocycles. The predicted octanol–water partition coefficient (Wildman–Crippen LogP) is 2.79. The van der Waals surface area contributed by atoms with E-state index in [1.165, 1.54) is 6.07 Å². The summed E-state index contributed by atoms with van der Waals surface area (Å²) in [5, 5.41) is 0. The zero-order valence-corrected chi connectivity index (χ0v) is 12.3. The number of nitrogens with two attached hydrogens (primary N) is 1. The Morgan fingerprint density at radius 2 is 2.05 bits per heavy atom. The van der Waals surface area contributed by atoms with E-state index in [-0.39, 0.29) is 5.82 Å². The smallest absolute Gasteiger partial charge is 0.201 e. The first-order valence-corrected chi connectivity index (χ1v) is 7.16. The van der Waals surface area contributed by atoms with Gasteiger partial charge in [-0.15, -0.1) is 0 Å². The summed E-state index contributed by atoms with van der Waals surface area (Å²) in [4.78, 5) is 6.63. The second-order valence-corrected chi connectivity index (χ2v) is 5.98. The van der Waals surface area contributed by atoms with Gasteiger partial charge in [0.25, 0.3) is 0 Å². The van der Waals surface area contributed by atoms with E-state index in [9.17, 15) is 4.39 Å². The number of imidazole rings is 1. The minimum atomic E-state index is -0.276. The summed E-state index contributed by atoms with van der Waals surface area (Å²) in [6, 6.07) is 3.51. The van der Waals surface area contributed by atoms with Gasteiger partial charge in [0, 0.05) is 12.1 Å². The van der Waals surface area contributed by atoms with Crippen LogP contribution in [-0.4, -0.2) is 34.6 Å². The van der Waals surface area contributed by atoms with Crippen molar-refractivity contribution in [3.63, 3.8) is 0 Å². The number of likely N-dealkylation sites (tertiary alicyclic amines) is 1. The Hall–Kier alpha value is -1.14. The van der Waals surface area contributed by atoms with Gasteiger partial charge < -0.3 is 15.2 Å². The first kappa shape index (κ1) is 12.9. The number of aromatic nitrogens is 2. The molecule has 1 saturated heterocycles. The molecular weight excluding hydrogens is 311 g/mol. The second kappa shape index (κ2) is 4.76. The first-order valence-electron chi connectivity index (χ1n) is 6.37. The Kier molecular flexibility index (Phi) is 3.22. The molecule has 6 heteroatoms. The molecule has 0 radical (unpaired) electrons. The van der Waals surface area contributed by atoms with Crippen LogP contribution in [0.1, 0.15) is 18.9 Å². The Bertz CT molecular complexity index is 617. The molecule has 0 unspecified atom stereocenters. The molecule has 0 spiro atoms. The molecule has 1 aliphatic rings. The highest BCUT2D eigenvalue weighted by atomic mass is 79.9. The fraction of sp³-hybridized carbons (Fsp3) is 0.462. The van der Waals surface area contributed by atoms with E-state index in [4.69, 9.17) is 5.73 Å². The molecule has 0 bridgehead atoms. The van der Waals surface area contributed by atoms with Crippen molar-refractivity contribution in [2.75, 3.05) is 25.9 Å². The SMILES string of the molecule is CN1CCC(n2c(N)nc3cc(Br)c(F)cc32)CC1. The molecule has 1 fully saturated rings. The second-order valence-electron chi connectivity index (χ2n) is 5.13. The molecule has 2 heterocycles. The van der Waals surface area contributed by atoms with Crippen molar-refractivity contribution >= 4 is 32.9 Å². The van der Waals surface area contributed by atoms with Crippen LogP contribution >= 0.6 is 15.9 Å². The highest BCUT2D eigenvalue weighted by Gasteiger charge is 2.22. The number of anilines is 1. The molecular formula is C13H16BrFN4. The average Bonchev–Trinajstić information content (AvgIpc) is 2.67. The van der Waals surface area contributed by atoms with Crippen LogP contribution in [0.15, 0.2) is 16.6 Å². The van der Waals surface area contributed by atoms with Gasteiger partial charge in [-0.3, -0.25) is 0 Å². The van der Waals surface area contributed by atoms with Crippen LogP contribution < -0.4 is 5.73 Å². The lowest BCUT2D eigenvalue weighted by Crippen LogP contribution is -2.31. The average molecular weight is 327 g/mol. The van der Waals surface area contributed by atoms with E-state index in [0.29, 0.717) is 16.5 Å². The maximum atomic E-state index is 13.7. The minimum absolute atomic E-state index is 0.276. The van der Waals surface area contributed by atoms with Crippen LogP contribution in [0.4, 0.5) is 10.3 Å². The molecule has 4 nitrogen and oxygen atoms in total. The summed E-state index contributed by atoms with van der Waals surface area (Å²) in [5.74, 6) is 0.198. The Morgan fingerprint density at radius 3 is 2.74 bits per heavy atom. The normalized spacial score (nSPS) is 18.3. The summed E-state index contributed by atoms with van der Waals surface area (Å²) in [6.07, 6.45) is 2.04. The number of nitrogens with zero attached hydrogens (tertiary/aromatic N) is 3. The molecule has 1 aliphatic heterocycles. The molecule has 2 N–H and O–H groups in total. The summed E-state index contributed by atoms with van der Waals surface area (Å²) >= 11 is 3.18. The van der Waals surface area contributed by atoms with Gasteiger partial charge >= 0.3 is 0 Å². The van der Waals surface area contributed by atoms with Gasteiger partial charge in [0.05, 0.1) is 15.5 Å². The number of halogens is 2. The van der Waals surface area contributed by atoms with E-state index < -0.39 is 0 Å². The van der Waals surface area contributed by atoms with Crippen LogP contribution in [0.2, 0.25) is 0 Å². The van der Waals surface area contributed by atoms with Gasteiger partial charge in [0.1, 0.15) is 5.82 Å². The summed E-state index contributed by atoms with van der Waals surface area (Å²) in [6.45, 7) is 2.06. The van der Waals surface area contributed by atoms with Gasteiger partial charge in [-0.1, -0.05) is 0 Å². The highest BCUT2D eigenvalue weighted by molar-refractivity contribution is 9.10. The molecule has 3 rings (SSSR count). The maximum Gasteiger partial charge on any atom is 0.201 e. The van der Waals surface area contributed by atoms with Crippen LogP contribution in [0.25, 0.3) is 11.0 Å². The summed E-state index contributed by atoms with van der Waals surface area (Å²) in [5.41, 5.74) is 7.54. The lowest BCUT2D eigenvalue weighted by Gasteiger charge is -2.30. The maximum absolute atomic E-state index is 13.7. The number of hydrogen-bond acceptors (Lipinski definition) is 3. The van der Waals surface area contributed by atoms with Gasteiger partial charge in [0.15, 0.2) is 0 Å². The molecule has 0 atom stereocenters. The largest absolute Gasteiger partial charge is 0.369 e. The van der Waals surface area contributed by atoms with E-state index in [0.717, 1.165) is 37.0 Å². The molecule has 19 heavy (non-hydrogen) atoms. The van der Waals surface area contributed by atoms with E-state index >= 15 is 0 Å². The van der Waals surface area contributed by atoms with Gasteiger partial charge in [0.2, 0.25) is 5.95 Å². The minimum Gasteiger partial charge on any atom is -0.369 e. The summed E-state index contributed by atoms with van der Waals surface area (Å²) in [7, 11) is 2.11. The van der Waals surface area contributed by atoms with Crippen LogP contribution in [0, 0.1) is 5.82 Å². The van der Waals surface area contributed by atoms with Gasteiger partial charge in [-0.25, -0.2) is 9.37 Å². The molecule has 1 aromatic carbocycles. The molecule has 0 amide bonds. The molecule has 0 aliphatic carbocycles. The first-order chi connectivity index (χ1) is 9.06. The zero-order chi connectivity index (χ0) is 13.6. The fourth-order valence-electron chi connectivity index (χ4n) is 2.75. The number of nitrogen functional groups attached to an aromatic ring is 1. The standard InChI is InChI=1S/C13H16BrFN4/c1-18-4-2-8(3-5-18)19-12-7-10(15)9(14)6-11(12)17-13(19)16/h6-8H,2-5H2,1H3,(H2,16,17). The fourth-order valence-corrected chi connectivity index (χ4v) is 3.08. The molecule has 1 aromatic heterocycles. The van der Waals surface area contributed by atoms with Crippen molar-refractivity contribution in [1.82, 2.24) is 14.5 Å².